The molecule has 0 saturated carbocycles. The fourth-order valence-corrected chi connectivity index (χ4v) is 7.38. The first-order valence-electron chi connectivity index (χ1n) is 12.6. The number of carbonyl (C=O) groups excluding carboxylic acids is 2. The summed E-state index contributed by atoms with van der Waals surface area (Å²) in [6.07, 6.45) is 1.22. The summed E-state index contributed by atoms with van der Waals surface area (Å²) in [6, 6.07) is 13.4. The summed E-state index contributed by atoms with van der Waals surface area (Å²) in [4.78, 5) is 32.7. The highest BCUT2D eigenvalue weighted by atomic mass is 32.2. The standard InChI is InChI=1S/C28H29N3O6S2/c1-17(2)19-8-10-20(11-9-19)24-23(25(32)21-6-4-18(3)5-7-21)26(33)27(34)31(24)28-29-16-22(38-28)39(35,36)30-12-14-37-15-13-30/h4-11,16-17,24,33H,12-15H2,1-3H3. The summed E-state index contributed by atoms with van der Waals surface area (Å²) in [5.41, 5.74) is 2.89. The van der Waals surface area contributed by atoms with Crippen LogP contribution in [0, 0.1) is 6.92 Å². The first-order valence-corrected chi connectivity index (χ1v) is 14.9. The van der Waals surface area contributed by atoms with Crippen LogP contribution in [0.25, 0.3) is 0 Å². The van der Waals surface area contributed by atoms with Crippen molar-refractivity contribution < 1.29 is 27.9 Å². The number of sulfonamides is 1. The average molecular weight is 568 g/mol. The van der Waals surface area contributed by atoms with Gasteiger partial charge in [0.2, 0.25) is 0 Å². The van der Waals surface area contributed by atoms with Gasteiger partial charge in [-0.2, -0.15) is 4.31 Å². The molecule has 1 fully saturated rings. The third-order valence-corrected chi connectivity index (χ3v) is 10.3. The lowest BCUT2D eigenvalue weighted by molar-refractivity contribution is -0.117. The number of amides is 1. The van der Waals surface area contributed by atoms with E-state index in [2.05, 4.69) is 18.8 Å². The van der Waals surface area contributed by atoms with Crippen molar-refractivity contribution in [3.63, 3.8) is 0 Å². The zero-order valence-electron chi connectivity index (χ0n) is 21.8. The minimum absolute atomic E-state index is 0.0288. The smallest absolute Gasteiger partial charge is 0.296 e. The minimum atomic E-state index is -3.85. The number of aromatic nitrogens is 1. The monoisotopic (exact) mass is 567 g/mol. The Morgan fingerprint density at radius 1 is 1.08 bits per heavy atom. The Morgan fingerprint density at radius 2 is 1.72 bits per heavy atom. The number of anilines is 1. The van der Waals surface area contributed by atoms with Crippen LogP contribution in [0.5, 0.6) is 0 Å². The Bertz CT molecular complexity index is 1540. The van der Waals surface area contributed by atoms with Crippen LogP contribution in [0.4, 0.5) is 5.13 Å². The number of aliphatic hydroxyl groups is 1. The summed E-state index contributed by atoms with van der Waals surface area (Å²) >= 11 is 0.829. The number of aryl methyl sites for hydroxylation is 1. The normalized spacial score (nSPS) is 18.8. The second-order valence-electron chi connectivity index (χ2n) is 9.83. The van der Waals surface area contributed by atoms with Gasteiger partial charge in [-0.15, -0.1) is 0 Å². The maximum absolute atomic E-state index is 13.7. The number of aliphatic hydroxyl groups excluding tert-OH is 1. The molecule has 0 spiro atoms. The Labute approximate surface area is 231 Å². The molecule has 9 nitrogen and oxygen atoms in total. The summed E-state index contributed by atoms with van der Waals surface area (Å²) in [6.45, 7) is 7.06. The van der Waals surface area contributed by atoms with Crippen LogP contribution in [0.1, 0.15) is 52.9 Å². The van der Waals surface area contributed by atoms with E-state index in [0.29, 0.717) is 24.3 Å². The van der Waals surface area contributed by atoms with Crippen LogP contribution < -0.4 is 4.90 Å². The van der Waals surface area contributed by atoms with E-state index in [9.17, 15) is 23.1 Å². The number of nitrogens with zero attached hydrogens (tertiary/aromatic N) is 3. The number of hydrogen-bond acceptors (Lipinski definition) is 8. The molecule has 2 aliphatic rings. The van der Waals surface area contributed by atoms with Crippen molar-refractivity contribution >= 4 is 38.2 Å². The predicted octanol–water partition coefficient (Wildman–Crippen LogP) is 4.38. The van der Waals surface area contributed by atoms with E-state index < -0.39 is 33.5 Å². The van der Waals surface area contributed by atoms with Crippen LogP contribution in [0.15, 0.2) is 70.3 Å². The van der Waals surface area contributed by atoms with Crippen molar-refractivity contribution in [1.82, 2.24) is 9.29 Å². The van der Waals surface area contributed by atoms with E-state index in [1.807, 2.05) is 31.2 Å². The molecule has 3 aromatic rings. The Morgan fingerprint density at radius 3 is 2.33 bits per heavy atom. The molecule has 0 bridgehead atoms. The average Bonchev–Trinajstić information content (AvgIpc) is 3.53. The predicted molar refractivity (Wildman–Crippen MR) is 148 cm³/mol. The largest absolute Gasteiger partial charge is 0.503 e. The lowest BCUT2D eigenvalue weighted by Crippen LogP contribution is -2.40. The van der Waals surface area contributed by atoms with Crippen LogP contribution in [-0.4, -0.2) is 60.8 Å². The minimum Gasteiger partial charge on any atom is -0.503 e. The molecule has 204 valence electrons. The first kappa shape index (κ1) is 27.2. The number of rotatable bonds is 7. The molecule has 3 heterocycles. The van der Waals surface area contributed by atoms with Gasteiger partial charge in [-0.25, -0.2) is 13.4 Å². The van der Waals surface area contributed by atoms with Gasteiger partial charge in [0, 0.05) is 18.7 Å². The zero-order chi connectivity index (χ0) is 27.9. The van der Waals surface area contributed by atoms with Crippen LogP contribution in [-0.2, 0) is 19.6 Å². The fourth-order valence-electron chi connectivity index (χ4n) is 4.67. The Kier molecular flexibility index (Phi) is 7.43. The molecular formula is C28H29N3O6S2. The lowest BCUT2D eigenvalue weighted by Gasteiger charge is -2.26. The molecule has 1 unspecified atom stereocenters. The van der Waals surface area contributed by atoms with Crippen LogP contribution in [0.3, 0.4) is 0 Å². The number of morpholine rings is 1. The maximum Gasteiger partial charge on any atom is 0.296 e. The molecular weight excluding hydrogens is 538 g/mol. The Hall–Kier alpha value is -3.38. The number of benzene rings is 2. The molecule has 1 aromatic heterocycles. The third-order valence-electron chi connectivity index (χ3n) is 6.93. The van der Waals surface area contributed by atoms with Gasteiger partial charge in [0.05, 0.1) is 31.0 Å². The van der Waals surface area contributed by atoms with Gasteiger partial charge >= 0.3 is 0 Å². The van der Waals surface area contributed by atoms with Gasteiger partial charge in [0.1, 0.15) is 0 Å². The van der Waals surface area contributed by atoms with Crippen LogP contribution in [0.2, 0.25) is 0 Å². The topological polar surface area (TPSA) is 117 Å². The van der Waals surface area contributed by atoms with Crippen molar-refractivity contribution in [3.05, 3.63) is 88.3 Å². The number of ether oxygens (including phenoxy) is 1. The third kappa shape index (κ3) is 5.03. The van der Waals surface area contributed by atoms with Gasteiger partial charge in [0.15, 0.2) is 20.9 Å². The molecule has 0 aliphatic carbocycles. The van der Waals surface area contributed by atoms with E-state index in [0.717, 1.165) is 22.5 Å². The molecule has 0 radical (unpaired) electrons. The van der Waals surface area contributed by atoms with Gasteiger partial charge in [0.25, 0.3) is 15.9 Å². The molecule has 1 N–H and O–H groups in total. The summed E-state index contributed by atoms with van der Waals surface area (Å²) in [5.74, 6) is -1.71. The highest BCUT2D eigenvalue weighted by molar-refractivity contribution is 7.91. The summed E-state index contributed by atoms with van der Waals surface area (Å²) < 4.78 is 33.0. The quantitative estimate of drug-likeness (QED) is 0.421. The van der Waals surface area contributed by atoms with E-state index in [1.165, 1.54) is 15.4 Å². The van der Waals surface area contributed by atoms with Gasteiger partial charge in [-0.05, 0) is 24.0 Å². The lowest BCUT2D eigenvalue weighted by atomic mass is 9.91. The molecule has 39 heavy (non-hydrogen) atoms. The van der Waals surface area contributed by atoms with E-state index >= 15 is 0 Å². The van der Waals surface area contributed by atoms with E-state index in [-0.39, 0.29) is 33.9 Å². The number of Topliss-reactive ketones (excluding diaryl/α,β-unsaturated/α-hetero) is 1. The molecule has 2 aliphatic heterocycles. The molecule has 1 atom stereocenters. The number of thiazole rings is 1. The fraction of sp³-hybridized carbons (Fsp3) is 0.321. The second kappa shape index (κ2) is 10.6. The van der Waals surface area contributed by atoms with Crippen LogP contribution >= 0.6 is 11.3 Å². The van der Waals surface area contributed by atoms with Gasteiger partial charge < -0.3 is 9.84 Å². The van der Waals surface area contributed by atoms with Crippen molar-refractivity contribution in [1.29, 1.82) is 0 Å². The summed E-state index contributed by atoms with van der Waals surface area (Å²) in [5, 5.41) is 11.1. The van der Waals surface area contributed by atoms with Gasteiger partial charge in [-0.1, -0.05) is 79.3 Å². The van der Waals surface area contributed by atoms with Gasteiger partial charge in [-0.3, -0.25) is 14.5 Å². The molecule has 1 saturated heterocycles. The molecule has 2 aromatic carbocycles. The SMILES string of the molecule is Cc1ccc(C(=O)C2=C(O)C(=O)N(c3ncc(S(=O)(=O)N4CCOCC4)s3)C2c2ccc(C(C)C)cc2)cc1. The number of carbonyl (C=O) groups is 2. The maximum atomic E-state index is 13.7. The van der Waals surface area contributed by atoms with Crippen molar-refractivity contribution in [2.75, 3.05) is 31.2 Å². The number of hydrogen-bond donors (Lipinski definition) is 1. The van der Waals surface area contributed by atoms with E-state index in [4.69, 9.17) is 4.74 Å². The highest BCUT2D eigenvalue weighted by Crippen LogP contribution is 2.44. The molecule has 5 rings (SSSR count). The van der Waals surface area contributed by atoms with Crippen molar-refractivity contribution in [3.8, 4) is 0 Å². The van der Waals surface area contributed by atoms with E-state index in [1.54, 1.807) is 24.3 Å². The highest BCUT2D eigenvalue weighted by Gasteiger charge is 2.46. The van der Waals surface area contributed by atoms with Crippen molar-refractivity contribution in [2.24, 2.45) is 0 Å². The molecule has 1 amide bonds. The second-order valence-corrected chi connectivity index (χ2v) is 13.0. The zero-order valence-corrected chi connectivity index (χ0v) is 23.5. The summed E-state index contributed by atoms with van der Waals surface area (Å²) in [7, 11) is -3.85. The van der Waals surface area contributed by atoms with Crippen molar-refractivity contribution in [2.45, 2.75) is 36.9 Å². The first-order chi connectivity index (χ1) is 18.6. The Balaban J connectivity index is 1.58. The number of ketones is 1. The molecule has 11 heteroatoms.